The average Bonchev–Trinajstić information content (AvgIpc) is 2.77. The van der Waals surface area contributed by atoms with Crippen LogP contribution in [0.5, 0.6) is 5.75 Å². The van der Waals surface area contributed by atoms with Crippen LogP contribution in [0.15, 0.2) is 48.5 Å². The van der Waals surface area contributed by atoms with E-state index in [0.717, 1.165) is 36.1 Å². The average molecular weight is 423 g/mol. The summed E-state index contributed by atoms with van der Waals surface area (Å²) >= 11 is 0. The maximum absolute atomic E-state index is 12.8. The molecule has 1 fully saturated rings. The number of hydrogen-bond donors (Lipinski definition) is 1. The van der Waals surface area contributed by atoms with Gasteiger partial charge in [0.1, 0.15) is 5.75 Å². The van der Waals surface area contributed by atoms with Gasteiger partial charge in [-0.05, 0) is 54.0 Å². The van der Waals surface area contributed by atoms with Crippen molar-refractivity contribution in [1.82, 2.24) is 10.2 Å². The topological polar surface area (TPSA) is 58.6 Å². The molecule has 0 aliphatic carbocycles. The van der Waals surface area contributed by atoms with Gasteiger partial charge in [0.2, 0.25) is 0 Å². The molecule has 166 valence electrons. The number of nitrogens with one attached hydrogen (secondary N) is 1. The first-order valence-corrected chi connectivity index (χ1v) is 11.2. The number of benzene rings is 2. The molecule has 5 nitrogen and oxygen atoms in total. The van der Waals surface area contributed by atoms with Gasteiger partial charge < -0.3 is 15.0 Å². The molecule has 0 radical (unpaired) electrons. The van der Waals surface area contributed by atoms with Crippen LogP contribution in [0.25, 0.3) is 0 Å². The Kier molecular flexibility index (Phi) is 7.37. The number of piperidine rings is 1. The minimum Gasteiger partial charge on any atom is -0.483 e. The number of rotatable bonds is 6. The number of para-hydroxylation sites is 1. The molecule has 1 saturated heterocycles. The summed E-state index contributed by atoms with van der Waals surface area (Å²) in [6, 6.07) is 15.8. The summed E-state index contributed by atoms with van der Waals surface area (Å²) in [5.74, 6) is 0.705. The van der Waals surface area contributed by atoms with Gasteiger partial charge in [-0.25, -0.2) is 0 Å². The van der Waals surface area contributed by atoms with Crippen molar-refractivity contribution < 1.29 is 14.3 Å². The second-order valence-electron chi connectivity index (χ2n) is 9.21. The second kappa shape index (κ2) is 9.99. The van der Waals surface area contributed by atoms with E-state index in [9.17, 15) is 9.59 Å². The van der Waals surface area contributed by atoms with Crippen molar-refractivity contribution in [1.29, 1.82) is 0 Å². The Morgan fingerprint density at radius 3 is 2.29 bits per heavy atom. The molecule has 1 aliphatic heterocycles. The Bertz CT molecular complexity index is 892. The predicted molar refractivity (Wildman–Crippen MR) is 124 cm³/mol. The molecule has 2 aromatic carbocycles. The van der Waals surface area contributed by atoms with Crippen LogP contribution in [-0.4, -0.2) is 42.5 Å². The Labute approximate surface area is 185 Å². The van der Waals surface area contributed by atoms with Gasteiger partial charge in [-0.3, -0.25) is 9.59 Å². The third-order valence-corrected chi connectivity index (χ3v) is 5.86. The van der Waals surface area contributed by atoms with Crippen molar-refractivity contribution in [2.75, 3.05) is 19.7 Å². The van der Waals surface area contributed by atoms with Gasteiger partial charge in [0, 0.05) is 24.7 Å². The van der Waals surface area contributed by atoms with E-state index >= 15 is 0 Å². The van der Waals surface area contributed by atoms with Crippen LogP contribution in [0, 0.1) is 0 Å². The molecule has 0 unspecified atom stereocenters. The van der Waals surface area contributed by atoms with Crippen LogP contribution >= 0.6 is 0 Å². The first kappa shape index (κ1) is 22.9. The summed E-state index contributed by atoms with van der Waals surface area (Å²) in [5.41, 5.74) is 3.10. The van der Waals surface area contributed by atoms with E-state index in [-0.39, 0.29) is 29.9 Å². The summed E-state index contributed by atoms with van der Waals surface area (Å²) in [4.78, 5) is 27.0. The Hall–Kier alpha value is -2.82. The first-order valence-electron chi connectivity index (χ1n) is 11.2. The zero-order chi connectivity index (χ0) is 22.4. The molecule has 2 amide bonds. The summed E-state index contributed by atoms with van der Waals surface area (Å²) in [6.07, 6.45) is 2.37. The second-order valence-corrected chi connectivity index (χ2v) is 9.21. The molecule has 0 bridgehead atoms. The highest BCUT2D eigenvalue weighted by molar-refractivity contribution is 5.94. The Morgan fingerprint density at radius 2 is 1.68 bits per heavy atom. The van der Waals surface area contributed by atoms with Gasteiger partial charge >= 0.3 is 0 Å². The van der Waals surface area contributed by atoms with Crippen LogP contribution in [0.1, 0.15) is 62.0 Å². The van der Waals surface area contributed by atoms with E-state index in [1.165, 1.54) is 5.56 Å². The highest BCUT2D eigenvalue weighted by Crippen LogP contribution is 2.23. The van der Waals surface area contributed by atoms with Crippen LogP contribution < -0.4 is 10.1 Å². The maximum Gasteiger partial charge on any atom is 0.258 e. The Morgan fingerprint density at radius 1 is 1.03 bits per heavy atom. The van der Waals surface area contributed by atoms with Gasteiger partial charge in [0.15, 0.2) is 6.61 Å². The van der Waals surface area contributed by atoms with E-state index in [0.29, 0.717) is 13.1 Å². The van der Waals surface area contributed by atoms with Crippen LogP contribution in [0.4, 0.5) is 0 Å². The lowest BCUT2D eigenvalue weighted by Gasteiger charge is -2.32. The summed E-state index contributed by atoms with van der Waals surface area (Å²) in [5, 5.41) is 3.05. The molecule has 5 heteroatoms. The van der Waals surface area contributed by atoms with Crippen molar-refractivity contribution in [3.8, 4) is 5.75 Å². The maximum atomic E-state index is 12.8. The highest BCUT2D eigenvalue weighted by Gasteiger charge is 2.25. The fraction of sp³-hybridized carbons (Fsp3) is 0.462. The SMILES string of the molecule is CCc1ccccc1OCC(=O)NC1CCN(C(=O)c2ccc(C(C)(C)C)cc2)CC1. The molecule has 31 heavy (non-hydrogen) atoms. The van der Waals surface area contributed by atoms with Crippen molar-refractivity contribution >= 4 is 11.8 Å². The number of amides is 2. The van der Waals surface area contributed by atoms with Crippen LogP contribution in [-0.2, 0) is 16.6 Å². The number of hydrogen-bond acceptors (Lipinski definition) is 3. The van der Waals surface area contributed by atoms with Gasteiger partial charge in [0.25, 0.3) is 11.8 Å². The number of carbonyl (C=O) groups is 2. The molecular weight excluding hydrogens is 388 g/mol. The summed E-state index contributed by atoms with van der Waals surface area (Å²) in [7, 11) is 0. The normalized spacial score (nSPS) is 14.9. The van der Waals surface area contributed by atoms with Gasteiger partial charge in [-0.15, -0.1) is 0 Å². The lowest BCUT2D eigenvalue weighted by molar-refractivity contribution is -0.124. The molecule has 1 heterocycles. The molecule has 0 spiro atoms. The third kappa shape index (κ3) is 6.09. The monoisotopic (exact) mass is 422 g/mol. The fourth-order valence-electron chi connectivity index (χ4n) is 3.87. The van der Waals surface area contributed by atoms with Gasteiger partial charge in [0.05, 0.1) is 0 Å². The van der Waals surface area contributed by atoms with E-state index in [1.807, 2.05) is 53.4 Å². The molecule has 1 N–H and O–H groups in total. The molecule has 0 saturated carbocycles. The minimum absolute atomic E-state index is 0.0102. The van der Waals surface area contributed by atoms with E-state index in [4.69, 9.17) is 4.74 Å². The van der Waals surface area contributed by atoms with Gasteiger partial charge in [-0.2, -0.15) is 0 Å². The standard InChI is InChI=1S/C26H34N2O3/c1-5-19-8-6-7-9-23(19)31-18-24(29)27-22-14-16-28(17-15-22)25(30)20-10-12-21(13-11-20)26(2,3)4/h6-13,22H,5,14-18H2,1-4H3,(H,27,29). The zero-order valence-corrected chi connectivity index (χ0v) is 19.1. The largest absolute Gasteiger partial charge is 0.483 e. The van der Waals surface area contributed by atoms with Crippen molar-refractivity contribution in [2.45, 2.75) is 58.4 Å². The molecule has 3 rings (SSSR count). The quantitative estimate of drug-likeness (QED) is 0.753. The highest BCUT2D eigenvalue weighted by atomic mass is 16.5. The number of nitrogens with zero attached hydrogens (tertiary/aromatic N) is 1. The minimum atomic E-state index is -0.117. The van der Waals surface area contributed by atoms with Crippen molar-refractivity contribution in [3.05, 3.63) is 65.2 Å². The smallest absolute Gasteiger partial charge is 0.258 e. The third-order valence-electron chi connectivity index (χ3n) is 5.86. The summed E-state index contributed by atoms with van der Waals surface area (Å²) in [6.45, 7) is 9.85. The molecule has 2 aromatic rings. The first-order chi connectivity index (χ1) is 14.8. The zero-order valence-electron chi connectivity index (χ0n) is 19.1. The lowest BCUT2D eigenvalue weighted by atomic mass is 9.86. The molecule has 0 aromatic heterocycles. The molecule has 1 aliphatic rings. The number of aryl methyl sites for hydroxylation is 1. The van der Waals surface area contributed by atoms with E-state index in [2.05, 4.69) is 33.0 Å². The lowest BCUT2D eigenvalue weighted by Crippen LogP contribution is -2.47. The fourth-order valence-corrected chi connectivity index (χ4v) is 3.87. The van der Waals surface area contributed by atoms with Crippen molar-refractivity contribution in [3.63, 3.8) is 0 Å². The Balaban J connectivity index is 1.45. The van der Waals surface area contributed by atoms with Crippen LogP contribution in [0.3, 0.4) is 0 Å². The summed E-state index contributed by atoms with van der Waals surface area (Å²) < 4.78 is 5.71. The molecule has 0 atom stereocenters. The number of likely N-dealkylation sites (tertiary alicyclic amines) is 1. The van der Waals surface area contributed by atoms with Gasteiger partial charge in [-0.1, -0.05) is 58.0 Å². The number of ether oxygens (including phenoxy) is 1. The molecular formula is C26H34N2O3. The van der Waals surface area contributed by atoms with E-state index < -0.39 is 0 Å². The predicted octanol–water partition coefficient (Wildman–Crippen LogP) is 4.35. The number of carbonyl (C=O) groups excluding carboxylic acids is 2. The van der Waals surface area contributed by atoms with E-state index in [1.54, 1.807) is 0 Å². The van der Waals surface area contributed by atoms with Crippen molar-refractivity contribution in [2.24, 2.45) is 0 Å². The van der Waals surface area contributed by atoms with Crippen LogP contribution in [0.2, 0.25) is 0 Å².